The molecule has 0 aromatic carbocycles. The predicted octanol–water partition coefficient (Wildman–Crippen LogP) is 14.1. The molecule has 0 fully saturated rings. The lowest BCUT2D eigenvalue weighted by Crippen LogP contribution is -2.53. The Bertz CT molecular complexity index is 3320. The molecular formula is C72H126N14O15P2S2. The zero-order valence-electron chi connectivity index (χ0n) is 65.6. The number of anilines is 2. The van der Waals surface area contributed by atoms with Crippen LogP contribution in [0, 0.1) is 0 Å². The number of nitrogen functional groups attached to an aromatic ring is 1. The molecule has 0 bridgehead atoms. The van der Waals surface area contributed by atoms with E-state index >= 15 is 0 Å². The van der Waals surface area contributed by atoms with Gasteiger partial charge in [0.15, 0.2) is 50.2 Å². The zero-order chi connectivity index (χ0) is 78.9. The Morgan fingerprint density at radius 1 is 0.495 bits per heavy atom. The summed E-state index contributed by atoms with van der Waals surface area (Å²) in [6, 6.07) is 0. The van der Waals surface area contributed by atoms with Crippen molar-refractivity contribution in [1.29, 1.82) is 0 Å². The van der Waals surface area contributed by atoms with Gasteiger partial charge in [0, 0.05) is 51.0 Å². The molecule has 0 saturated carbocycles. The highest BCUT2D eigenvalue weighted by Crippen LogP contribution is 2.44. The molecule has 4 heterocycles. The molecule has 105 heavy (non-hydrogen) atoms. The number of imidazole rings is 2. The molecule has 596 valence electrons. The van der Waals surface area contributed by atoms with E-state index in [1.54, 1.807) is 84.1 Å². The van der Waals surface area contributed by atoms with Crippen LogP contribution in [0.5, 0.6) is 0 Å². The molecule has 4 rings (SSSR count). The van der Waals surface area contributed by atoms with Gasteiger partial charge in [-0.1, -0.05) is 141 Å². The first-order chi connectivity index (χ1) is 49.4. The molecule has 29 nitrogen and oxygen atoms in total. The number of aliphatic carboxylic acids is 1. The number of unbranched alkanes of at least 4 members (excludes halogenated alkanes) is 14. The van der Waals surface area contributed by atoms with Crippen molar-refractivity contribution in [3.63, 3.8) is 0 Å². The average Bonchev–Trinajstić information content (AvgIpc) is 1.79. The van der Waals surface area contributed by atoms with E-state index in [1.165, 1.54) is 50.0 Å². The van der Waals surface area contributed by atoms with Crippen LogP contribution in [-0.2, 0) is 79.5 Å². The minimum atomic E-state index is -3.76. The van der Waals surface area contributed by atoms with E-state index in [1.807, 2.05) is 6.92 Å². The monoisotopic (exact) mass is 1550 g/mol. The summed E-state index contributed by atoms with van der Waals surface area (Å²) in [7, 11) is -7.45. The van der Waals surface area contributed by atoms with Crippen LogP contribution in [0.3, 0.4) is 0 Å². The Hall–Kier alpha value is -5.62. The maximum Gasteiger partial charge on any atom is 0.326 e. The third kappa shape index (κ3) is 38.3. The lowest BCUT2D eigenvalue weighted by Gasteiger charge is -2.36. The number of hydrogen-bond donors (Lipinski definition) is 7. The smallest absolute Gasteiger partial charge is 0.326 e. The van der Waals surface area contributed by atoms with Crippen molar-refractivity contribution in [3.05, 3.63) is 25.3 Å². The Morgan fingerprint density at radius 3 is 1.28 bits per heavy atom. The quantitative estimate of drug-likeness (QED) is 0.0123. The number of aromatic nitrogens is 8. The number of carbonyl (C=O) groups is 8. The summed E-state index contributed by atoms with van der Waals surface area (Å²) < 4.78 is 56.0. The predicted molar refractivity (Wildman–Crippen MR) is 418 cm³/mol. The molecule has 4 aromatic rings. The molecule has 8 N–H and O–H groups in total. The normalized spacial score (nSPS) is 13.7. The number of nitrogens with two attached hydrogens (primary N) is 1. The molecule has 4 aromatic heterocycles. The van der Waals surface area contributed by atoms with Crippen LogP contribution in [-0.4, -0.2) is 162 Å². The van der Waals surface area contributed by atoms with Crippen molar-refractivity contribution in [3.8, 4) is 0 Å². The molecule has 0 aliphatic carbocycles. The lowest BCUT2D eigenvalue weighted by molar-refractivity contribution is -0.150. The van der Waals surface area contributed by atoms with Gasteiger partial charge in [-0.3, -0.25) is 47.5 Å². The summed E-state index contributed by atoms with van der Waals surface area (Å²) in [6.07, 6.45) is 24.4. The number of nitrogens with one attached hydrogen (secondary N) is 5. The van der Waals surface area contributed by atoms with Gasteiger partial charge in [0.2, 0.25) is 20.8 Å². The molecule has 0 aliphatic heterocycles. The van der Waals surface area contributed by atoms with E-state index in [2.05, 4.69) is 83.3 Å². The second-order valence-electron chi connectivity index (χ2n) is 28.7. The summed E-state index contributed by atoms with van der Waals surface area (Å²) in [6.45, 7) is 29.7. The van der Waals surface area contributed by atoms with E-state index in [-0.39, 0.29) is 78.0 Å². The molecule has 33 heteroatoms. The largest absolute Gasteiger partial charge is 0.481 e. The summed E-state index contributed by atoms with van der Waals surface area (Å²) in [5, 5.41) is 23.2. The van der Waals surface area contributed by atoms with Gasteiger partial charge in [-0.15, -0.1) is 0 Å². The SMILES string of the molecule is CC(=O)SCCCC(=O)O.CCCCCCCC(=O)C(C)(C)NP(=O)(CO[C@H](C)Cn1cnc2c(N)ncnc21)NC(C)(C)C(=O)OCCCCCC.CCCCCCCC(=O)C(C)(C)NP(=O)(CO[C@H](C)Cn1cnc2c(NC(=O)CCCSC(C)=O)ncnc21)NC(C)(C)C(=O)OCCCCCC. The Balaban J connectivity index is 0.000000638. The highest BCUT2D eigenvalue weighted by Gasteiger charge is 2.44. The van der Waals surface area contributed by atoms with Gasteiger partial charge in [-0.05, 0) is 108 Å². The molecule has 4 atom stereocenters. The molecule has 1 amide bonds. The van der Waals surface area contributed by atoms with Gasteiger partial charge in [-0.25, -0.2) is 50.3 Å². The first-order valence-electron chi connectivity index (χ1n) is 37.3. The first kappa shape index (κ1) is 95.5. The molecule has 0 saturated heterocycles. The zero-order valence-corrected chi connectivity index (χ0v) is 69.0. The molecule has 0 spiro atoms. The maximum absolute atomic E-state index is 14.7. The van der Waals surface area contributed by atoms with E-state index in [0.29, 0.717) is 72.7 Å². The second-order valence-corrected chi connectivity index (χ2v) is 35.6. The fraction of sp³-hybridized carbons (Fsp3) is 0.750. The molecule has 0 radical (unpaired) electrons. The van der Waals surface area contributed by atoms with Gasteiger partial charge >= 0.3 is 17.9 Å². The Morgan fingerprint density at radius 2 is 0.867 bits per heavy atom. The van der Waals surface area contributed by atoms with Crippen LogP contribution in [0.25, 0.3) is 22.3 Å². The standard InChI is InChI=1S/C36H62N7O7PS.C30H54N7O5P.C6H10O3S/c1-9-11-13-15-16-19-29(45)35(5,6)41-51(48,42-36(7,8)34(47)49-21-17-14-12-10-2)26-50-27(3)23-43-25-39-31-32(37-24-38-33(31)43)40-30(46)20-18-22-52-28(4)44;1-8-10-12-14-15-17-24(38)29(4,5)35-43(40,36-30(6,7)28(39)41-18-16-13-11-9-2)22-42-23(3)19-37-21-34-25-26(31)32-20-33-27(25)37;1-5(7)10-4-2-3-6(8)9/h24-25,27H,9-23,26H2,1-8H3,(H2,41,42,48)(H,37,38,40,46);20-21,23H,8-19,22H2,1-7H3,(H2,31,32,33)(H2,35,36,40);2-4H2,1H3,(H,8,9)/t27-,51?;23-,43?;/m11./s1. The maximum atomic E-state index is 14.7. The topological polar surface area (TPSA) is 401 Å². The van der Waals surface area contributed by atoms with Gasteiger partial charge in [0.05, 0.1) is 62.2 Å². The fourth-order valence-electron chi connectivity index (χ4n) is 10.7. The molecular weight excluding hydrogens is 1430 g/mol. The average molecular weight is 1550 g/mol. The number of fused-ring (bicyclic) bond motifs is 2. The highest BCUT2D eigenvalue weighted by molar-refractivity contribution is 8.13. The third-order valence-corrected chi connectivity index (χ3v) is 23.0. The minimum Gasteiger partial charge on any atom is -0.481 e. The van der Waals surface area contributed by atoms with Crippen LogP contribution >= 0.6 is 38.4 Å². The van der Waals surface area contributed by atoms with E-state index in [0.717, 1.165) is 116 Å². The lowest BCUT2D eigenvalue weighted by atomic mass is 9.95. The second kappa shape index (κ2) is 49.4. The minimum absolute atomic E-state index is 0.0106. The number of esters is 2. The number of ether oxygens (including phenoxy) is 4. The summed E-state index contributed by atoms with van der Waals surface area (Å²) in [4.78, 5) is 122. The molecule has 2 unspecified atom stereocenters. The van der Waals surface area contributed by atoms with E-state index in [4.69, 9.17) is 29.8 Å². The van der Waals surface area contributed by atoms with Crippen LogP contribution in [0.4, 0.5) is 11.6 Å². The number of ketones is 2. The number of rotatable bonds is 53. The van der Waals surface area contributed by atoms with Crippen molar-refractivity contribution >= 4 is 118 Å². The molecule has 0 aliphatic rings. The van der Waals surface area contributed by atoms with Crippen molar-refractivity contribution in [2.24, 2.45) is 0 Å². The number of carboxylic acids is 1. The number of carbonyl (C=O) groups excluding carboxylic acids is 7. The van der Waals surface area contributed by atoms with Crippen molar-refractivity contribution in [2.75, 3.05) is 48.5 Å². The van der Waals surface area contributed by atoms with E-state index in [9.17, 15) is 47.5 Å². The van der Waals surface area contributed by atoms with Gasteiger partial charge in [-0.2, -0.15) is 0 Å². The Kier molecular flexibility index (Phi) is 44.9. The fourth-order valence-corrected chi connectivity index (χ4v) is 17.2. The van der Waals surface area contributed by atoms with Crippen LogP contribution in [0.1, 0.15) is 265 Å². The number of hydrogen-bond acceptors (Lipinski definition) is 23. The van der Waals surface area contributed by atoms with Crippen LogP contribution in [0.15, 0.2) is 25.3 Å². The number of Topliss-reactive ketones (excluding diaryl/α,β-unsaturated/α-hetero) is 2. The van der Waals surface area contributed by atoms with Gasteiger partial charge in [0.1, 0.15) is 41.9 Å². The summed E-state index contributed by atoms with van der Waals surface area (Å²) >= 11 is 2.35. The number of amides is 1. The van der Waals surface area contributed by atoms with Gasteiger partial charge in [0.25, 0.3) is 0 Å². The van der Waals surface area contributed by atoms with Crippen molar-refractivity contribution in [1.82, 2.24) is 59.4 Å². The number of carboxylic acid groups (broad SMARTS) is 1. The van der Waals surface area contributed by atoms with Crippen LogP contribution < -0.4 is 31.4 Å². The third-order valence-electron chi connectivity index (χ3n) is 16.5. The van der Waals surface area contributed by atoms with Crippen LogP contribution in [0.2, 0.25) is 0 Å². The van der Waals surface area contributed by atoms with Crippen molar-refractivity contribution < 1.29 is 71.5 Å². The van der Waals surface area contributed by atoms with Gasteiger partial charge < -0.3 is 44.2 Å². The van der Waals surface area contributed by atoms with Crippen molar-refractivity contribution in [2.45, 2.75) is 312 Å². The highest BCUT2D eigenvalue weighted by atomic mass is 32.2. The summed E-state index contributed by atoms with van der Waals surface area (Å²) in [5.41, 5.74) is 2.93. The number of thioether (sulfide) groups is 2. The number of nitrogens with zero attached hydrogens (tertiary/aromatic N) is 8. The van der Waals surface area contributed by atoms with E-state index < -0.39 is 67.2 Å². The Labute approximate surface area is 631 Å². The first-order valence-corrected chi connectivity index (χ1v) is 43.0. The summed E-state index contributed by atoms with van der Waals surface area (Å²) in [5.74, 6) is -0.486.